The lowest BCUT2D eigenvalue weighted by molar-refractivity contribution is 0.102. The van der Waals surface area contributed by atoms with E-state index in [1.165, 1.54) is 12.5 Å². The number of aryl methyl sites for hydroxylation is 1. The van der Waals surface area contributed by atoms with E-state index in [2.05, 4.69) is 30.2 Å². The maximum absolute atomic E-state index is 12.1. The third-order valence-corrected chi connectivity index (χ3v) is 3.29. The molecule has 0 aromatic carbocycles. The minimum Gasteiger partial charge on any atom is -0.341 e. The van der Waals surface area contributed by atoms with Crippen LogP contribution in [0.3, 0.4) is 0 Å². The van der Waals surface area contributed by atoms with Gasteiger partial charge in [-0.05, 0) is 13.0 Å². The summed E-state index contributed by atoms with van der Waals surface area (Å²) in [6.07, 6.45) is 2.83. The molecule has 7 nitrogen and oxygen atoms in total. The number of halogens is 2. The van der Waals surface area contributed by atoms with Crippen LogP contribution in [0.25, 0.3) is 11.2 Å². The Morgan fingerprint density at radius 1 is 1.29 bits per heavy atom. The molecule has 0 saturated heterocycles. The second kappa shape index (κ2) is 5.27. The number of imidazole rings is 1. The first-order valence-corrected chi connectivity index (χ1v) is 6.60. The summed E-state index contributed by atoms with van der Waals surface area (Å²) in [6, 6.07) is 1.60. The molecule has 0 aliphatic rings. The summed E-state index contributed by atoms with van der Waals surface area (Å²) in [6.45, 7) is 1.78. The fourth-order valence-corrected chi connectivity index (χ4v) is 2.23. The molecule has 3 heterocycles. The predicted octanol–water partition coefficient (Wildman–Crippen LogP) is 2.62. The highest BCUT2D eigenvalue weighted by atomic mass is 35.5. The number of carbonyl (C=O) groups excluding carboxylic acids is 1. The molecule has 0 aliphatic carbocycles. The molecule has 0 spiro atoms. The molecule has 0 saturated carbocycles. The summed E-state index contributed by atoms with van der Waals surface area (Å²) in [5.41, 5.74) is 1.81. The van der Waals surface area contributed by atoms with Crippen molar-refractivity contribution in [3.8, 4) is 0 Å². The van der Waals surface area contributed by atoms with Crippen LogP contribution in [0.1, 0.15) is 16.1 Å². The molecule has 2 N–H and O–H groups in total. The first kappa shape index (κ1) is 13.7. The van der Waals surface area contributed by atoms with Gasteiger partial charge >= 0.3 is 0 Å². The molecular weight excluding hydrogens is 315 g/mol. The van der Waals surface area contributed by atoms with Gasteiger partial charge in [-0.25, -0.2) is 4.98 Å². The van der Waals surface area contributed by atoms with Gasteiger partial charge in [0.1, 0.15) is 5.52 Å². The number of aromatic amines is 1. The minimum atomic E-state index is -0.474. The topological polar surface area (TPSA) is 96.5 Å². The SMILES string of the molecule is Cc1cc(Cl)c(C(=O)Nc2nc(Cl)c3[nH]cnc3n2)cn1. The Morgan fingerprint density at radius 2 is 2.10 bits per heavy atom. The van der Waals surface area contributed by atoms with E-state index in [-0.39, 0.29) is 16.7 Å². The molecule has 0 radical (unpaired) electrons. The Balaban J connectivity index is 1.92. The Bertz CT molecular complexity index is 847. The number of H-pyrrole nitrogens is 1. The fraction of sp³-hybridized carbons (Fsp3) is 0.0833. The number of anilines is 1. The van der Waals surface area contributed by atoms with Crippen molar-refractivity contribution in [2.75, 3.05) is 5.32 Å². The van der Waals surface area contributed by atoms with Crippen molar-refractivity contribution in [2.45, 2.75) is 6.92 Å². The van der Waals surface area contributed by atoms with E-state index in [0.717, 1.165) is 0 Å². The zero-order valence-electron chi connectivity index (χ0n) is 10.7. The Morgan fingerprint density at radius 3 is 2.86 bits per heavy atom. The molecule has 0 unspecified atom stereocenters. The number of hydrogen-bond acceptors (Lipinski definition) is 5. The highest BCUT2D eigenvalue weighted by Gasteiger charge is 2.15. The van der Waals surface area contributed by atoms with Gasteiger partial charge in [-0.1, -0.05) is 23.2 Å². The van der Waals surface area contributed by atoms with Crippen LogP contribution in [0.2, 0.25) is 10.2 Å². The van der Waals surface area contributed by atoms with Crippen molar-refractivity contribution in [2.24, 2.45) is 0 Å². The van der Waals surface area contributed by atoms with Crippen molar-refractivity contribution in [1.82, 2.24) is 24.9 Å². The summed E-state index contributed by atoms with van der Waals surface area (Å²) in [5.74, 6) is -0.431. The fourth-order valence-electron chi connectivity index (χ4n) is 1.72. The second-order valence-electron chi connectivity index (χ2n) is 4.20. The van der Waals surface area contributed by atoms with Gasteiger partial charge in [0, 0.05) is 11.9 Å². The van der Waals surface area contributed by atoms with Crippen LogP contribution in [0, 0.1) is 6.92 Å². The number of hydrogen-bond donors (Lipinski definition) is 2. The number of rotatable bonds is 2. The van der Waals surface area contributed by atoms with Crippen molar-refractivity contribution >= 4 is 46.2 Å². The molecule has 0 fully saturated rings. The summed E-state index contributed by atoms with van der Waals surface area (Å²) >= 11 is 12.0. The lowest BCUT2D eigenvalue weighted by Gasteiger charge is -2.06. The molecule has 21 heavy (non-hydrogen) atoms. The molecule has 106 valence electrons. The Hall–Kier alpha value is -2.25. The van der Waals surface area contributed by atoms with Crippen molar-refractivity contribution < 1.29 is 4.79 Å². The normalized spacial score (nSPS) is 10.8. The van der Waals surface area contributed by atoms with E-state index >= 15 is 0 Å². The zero-order chi connectivity index (χ0) is 15.0. The molecular formula is C12H8Cl2N6O. The van der Waals surface area contributed by atoms with Crippen LogP contribution in [-0.2, 0) is 0 Å². The summed E-state index contributed by atoms with van der Waals surface area (Å²) in [5, 5.41) is 2.98. The lowest BCUT2D eigenvalue weighted by atomic mass is 10.2. The van der Waals surface area contributed by atoms with Gasteiger partial charge in [0.05, 0.1) is 16.9 Å². The van der Waals surface area contributed by atoms with E-state index in [0.29, 0.717) is 21.9 Å². The van der Waals surface area contributed by atoms with Crippen LogP contribution in [-0.4, -0.2) is 30.8 Å². The van der Waals surface area contributed by atoms with Gasteiger partial charge in [-0.15, -0.1) is 0 Å². The average Bonchev–Trinajstić information content (AvgIpc) is 2.87. The van der Waals surface area contributed by atoms with Gasteiger partial charge in [-0.2, -0.15) is 9.97 Å². The van der Waals surface area contributed by atoms with Crippen molar-refractivity contribution in [3.05, 3.63) is 40.0 Å². The average molecular weight is 323 g/mol. The predicted molar refractivity (Wildman–Crippen MR) is 78.6 cm³/mol. The van der Waals surface area contributed by atoms with E-state index in [1.807, 2.05) is 0 Å². The van der Waals surface area contributed by atoms with Crippen LogP contribution >= 0.6 is 23.2 Å². The monoisotopic (exact) mass is 322 g/mol. The summed E-state index contributed by atoms with van der Waals surface area (Å²) < 4.78 is 0. The summed E-state index contributed by atoms with van der Waals surface area (Å²) in [7, 11) is 0. The standard InChI is InChI=1S/C12H8Cl2N6O/c1-5-2-7(13)6(3-15-5)11(21)20-12-18-9(14)8-10(19-12)17-4-16-8/h2-4H,1H3,(H2,16,17,18,19,20,21). The number of nitrogens with zero attached hydrogens (tertiary/aromatic N) is 4. The molecule has 0 atom stereocenters. The maximum atomic E-state index is 12.1. The first-order chi connectivity index (χ1) is 10.0. The largest absolute Gasteiger partial charge is 0.341 e. The van der Waals surface area contributed by atoms with Crippen molar-refractivity contribution in [1.29, 1.82) is 0 Å². The van der Waals surface area contributed by atoms with Crippen molar-refractivity contribution in [3.63, 3.8) is 0 Å². The number of carbonyl (C=O) groups is 1. The molecule has 0 aliphatic heterocycles. The molecule has 3 aromatic heterocycles. The van der Waals surface area contributed by atoms with E-state index < -0.39 is 5.91 Å². The third-order valence-electron chi connectivity index (χ3n) is 2.70. The van der Waals surface area contributed by atoms with Crippen LogP contribution in [0.5, 0.6) is 0 Å². The second-order valence-corrected chi connectivity index (χ2v) is 4.96. The van der Waals surface area contributed by atoms with Gasteiger partial charge in [0.2, 0.25) is 5.95 Å². The number of pyridine rings is 1. The Labute approximate surface area is 128 Å². The van der Waals surface area contributed by atoms with Gasteiger partial charge in [0.15, 0.2) is 10.8 Å². The molecule has 3 aromatic rings. The summed E-state index contributed by atoms with van der Waals surface area (Å²) in [4.78, 5) is 31.0. The van der Waals surface area contributed by atoms with Gasteiger partial charge in [0.25, 0.3) is 5.91 Å². The van der Waals surface area contributed by atoms with Gasteiger partial charge < -0.3 is 4.98 Å². The molecule has 3 rings (SSSR count). The van der Waals surface area contributed by atoms with E-state index in [1.54, 1.807) is 13.0 Å². The molecule has 1 amide bonds. The van der Waals surface area contributed by atoms with Crippen LogP contribution < -0.4 is 5.32 Å². The number of nitrogens with one attached hydrogen (secondary N) is 2. The van der Waals surface area contributed by atoms with Crippen LogP contribution in [0.4, 0.5) is 5.95 Å². The number of aromatic nitrogens is 5. The first-order valence-electron chi connectivity index (χ1n) is 5.84. The van der Waals surface area contributed by atoms with E-state index in [9.17, 15) is 4.79 Å². The highest BCUT2D eigenvalue weighted by molar-refractivity contribution is 6.34. The third kappa shape index (κ3) is 2.65. The quantitative estimate of drug-likeness (QED) is 0.707. The zero-order valence-corrected chi connectivity index (χ0v) is 12.2. The number of amides is 1. The molecule has 9 heteroatoms. The Kier molecular flexibility index (Phi) is 3.44. The highest BCUT2D eigenvalue weighted by Crippen LogP contribution is 2.20. The van der Waals surface area contributed by atoms with Crippen LogP contribution in [0.15, 0.2) is 18.6 Å². The maximum Gasteiger partial charge on any atom is 0.261 e. The van der Waals surface area contributed by atoms with E-state index in [4.69, 9.17) is 23.2 Å². The number of fused-ring (bicyclic) bond motifs is 1. The van der Waals surface area contributed by atoms with Gasteiger partial charge in [-0.3, -0.25) is 15.1 Å². The molecule has 0 bridgehead atoms. The minimum absolute atomic E-state index is 0.0428. The lowest BCUT2D eigenvalue weighted by Crippen LogP contribution is -2.15. The smallest absolute Gasteiger partial charge is 0.261 e.